The minimum atomic E-state index is -0.616. The standard InChI is InChI=1S/C15H20N2O3/c1-10-4-5-12(6-11(10)2)7-14-16-15(20-17-14)8-13(18)9-19-3/h4-6,13,18H,7-9H2,1-3H3. The lowest BCUT2D eigenvalue weighted by atomic mass is 10.0. The number of aliphatic hydroxyl groups is 1. The zero-order valence-electron chi connectivity index (χ0n) is 12.1. The molecule has 1 unspecified atom stereocenters. The van der Waals surface area contributed by atoms with Gasteiger partial charge < -0.3 is 14.4 Å². The van der Waals surface area contributed by atoms with Gasteiger partial charge in [0.05, 0.1) is 19.1 Å². The van der Waals surface area contributed by atoms with E-state index in [1.165, 1.54) is 11.1 Å². The van der Waals surface area contributed by atoms with Crippen molar-refractivity contribution in [3.63, 3.8) is 0 Å². The first kappa shape index (κ1) is 14.7. The smallest absolute Gasteiger partial charge is 0.229 e. The highest BCUT2D eigenvalue weighted by atomic mass is 16.5. The Bertz CT molecular complexity index is 566. The van der Waals surface area contributed by atoms with Crippen molar-refractivity contribution in [3.8, 4) is 0 Å². The number of rotatable bonds is 6. The summed E-state index contributed by atoms with van der Waals surface area (Å²) < 4.78 is 9.99. The maximum atomic E-state index is 9.62. The number of methoxy groups -OCH3 is 1. The van der Waals surface area contributed by atoms with Crippen molar-refractivity contribution in [2.24, 2.45) is 0 Å². The van der Waals surface area contributed by atoms with Gasteiger partial charge in [-0.25, -0.2) is 0 Å². The highest BCUT2D eigenvalue weighted by Crippen LogP contribution is 2.13. The van der Waals surface area contributed by atoms with Gasteiger partial charge in [-0.05, 0) is 30.5 Å². The number of hydrogen-bond donors (Lipinski definition) is 1. The molecule has 0 amide bonds. The summed E-state index contributed by atoms with van der Waals surface area (Å²) in [6, 6.07) is 6.29. The van der Waals surface area contributed by atoms with Crippen LogP contribution >= 0.6 is 0 Å². The monoisotopic (exact) mass is 276 g/mol. The largest absolute Gasteiger partial charge is 0.390 e. The summed E-state index contributed by atoms with van der Waals surface area (Å²) in [4.78, 5) is 4.29. The van der Waals surface area contributed by atoms with E-state index in [1.54, 1.807) is 7.11 Å². The number of benzene rings is 1. The average Bonchev–Trinajstić information content (AvgIpc) is 2.81. The van der Waals surface area contributed by atoms with E-state index in [4.69, 9.17) is 9.26 Å². The van der Waals surface area contributed by atoms with Crippen molar-refractivity contribution in [3.05, 3.63) is 46.6 Å². The Labute approximate surface area is 118 Å². The molecule has 0 aliphatic rings. The second-order valence-corrected chi connectivity index (χ2v) is 5.01. The molecule has 0 saturated heterocycles. The molecule has 0 saturated carbocycles. The molecule has 0 aliphatic carbocycles. The summed E-state index contributed by atoms with van der Waals surface area (Å²) >= 11 is 0. The predicted molar refractivity (Wildman–Crippen MR) is 74.6 cm³/mol. The highest BCUT2D eigenvalue weighted by molar-refractivity contribution is 5.31. The first-order valence-electron chi connectivity index (χ1n) is 6.63. The Morgan fingerprint density at radius 1 is 1.30 bits per heavy atom. The molecule has 2 aromatic rings. The van der Waals surface area contributed by atoms with Gasteiger partial charge in [0, 0.05) is 13.5 Å². The first-order valence-corrected chi connectivity index (χ1v) is 6.63. The second-order valence-electron chi connectivity index (χ2n) is 5.01. The summed E-state index contributed by atoms with van der Waals surface area (Å²) in [7, 11) is 1.54. The van der Waals surface area contributed by atoms with E-state index in [9.17, 15) is 5.11 Å². The maximum Gasteiger partial charge on any atom is 0.229 e. The predicted octanol–water partition coefficient (Wildman–Crippen LogP) is 1.83. The number of aryl methyl sites for hydroxylation is 2. The molecule has 1 atom stereocenters. The zero-order chi connectivity index (χ0) is 14.5. The Kier molecular flexibility index (Phi) is 4.87. The van der Waals surface area contributed by atoms with Crippen molar-refractivity contribution >= 4 is 0 Å². The van der Waals surface area contributed by atoms with Gasteiger partial charge in [0.2, 0.25) is 5.89 Å². The van der Waals surface area contributed by atoms with Crippen molar-refractivity contribution < 1.29 is 14.4 Å². The van der Waals surface area contributed by atoms with E-state index in [-0.39, 0.29) is 6.61 Å². The molecule has 1 N–H and O–H groups in total. The Morgan fingerprint density at radius 3 is 2.80 bits per heavy atom. The van der Waals surface area contributed by atoms with Crippen LogP contribution < -0.4 is 0 Å². The van der Waals surface area contributed by atoms with Crippen molar-refractivity contribution in [1.82, 2.24) is 10.1 Å². The van der Waals surface area contributed by atoms with Crippen LogP contribution in [0.25, 0.3) is 0 Å². The summed E-state index contributed by atoms with van der Waals surface area (Å²) in [6.45, 7) is 4.43. The number of aromatic nitrogens is 2. The molecule has 0 radical (unpaired) electrons. The van der Waals surface area contributed by atoms with Crippen LogP contribution in [0.2, 0.25) is 0 Å². The third kappa shape index (κ3) is 3.88. The molecule has 0 fully saturated rings. The van der Waals surface area contributed by atoms with Gasteiger partial charge >= 0.3 is 0 Å². The lowest BCUT2D eigenvalue weighted by Gasteiger charge is -2.04. The third-order valence-electron chi connectivity index (χ3n) is 3.21. The van der Waals surface area contributed by atoms with Gasteiger partial charge in [0.15, 0.2) is 5.82 Å². The second kappa shape index (κ2) is 6.63. The number of nitrogens with zero attached hydrogens (tertiary/aromatic N) is 2. The van der Waals surface area contributed by atoms with E-state index in [2.05, 4.69) is 42.2 Å². The fourth-order valence-electron chi connectivity index (χ4n) is 1.99. The van der Waals surface area contributed by atoms with Gasteiger partial charge in [-0.1, -0.05) is 23.4 Å². The lowest BCUT2D eigenvalue weighted by molar-refractivity contribution is 0.0599. The summed E-state index contributed by atoms with van der Waals surface area (Å²) in [5.74, 6) is 1.07. The Morgan fingerprint density at radius 2 is 2.10 bits per heavy atom. The molecule has 20 heavy (non-hydrogen) atoms. The number of ether oxygens (including phenoxy) is 1. The molecule has 1 aromatic heterocycles. The van der Waals surface area contributed by atoms with Crippen molar-refractivity contribution in [1.29, 1.82) is 0 Å². The van der Waals surface area contributed by atoms with Gasteiger partial charge in [-0.3, -0.25) is 0 Å². The van der Waals surface area contributed by atoms with Gasteiger partial charge in [-0.15, -0.1) is 0 Å². The van der Waals surface area contributed by atoms with Gasteiger partial charge in [-0.2, -0.15) is 4.98 Å². The van der Waals surface area contributed by atoms with E-state index < -0.39 is 6.10 Å². The minimum Gasteiger partial charge on any atom is -0.390 e. The zero-order valence-corrected chi connectivity index (χ0v) is 12.1. The Balaban J connectivity index is 2.00. The molecular formula is C15H20N2O3. The van der Waals surface area contributed by atoms with Crippen LogP contribution in [0.4, 0.5) is 0 Å². The SMILES string of the molecule is COCC(O)Cc1nc(Cc2ccc(C)c(C)c2)no1. The molecule has 1 heterocycles. The summed E-state index contributed by atoms with van der Waals surface area (Å²) in [5.41, 5.74) is 3.67. The van der Waals surface area contributed by atoms with Crippen LogP contribution in [-0.2, 0) is 17.6 Å². The van der Waals surface area contributed by atoms with E-state index in [0.717, 1.165) is 5.56 Å². The molecule has 2 rings (SSSR count). The molecule has 0 bridgehead atoms. The summed E-state index contributed by atoms with van der Waals surface area (Å²) in [6.07, 6.45) is 0.327. The van der Waals surface area contributed by atoms with Crippen LogP contribution in [0, 0.1) is 13.8 Å². The van der Waals surface area contributed by atoms with Crippen LogP contribution in [0.15, 0.2) is 22.7 Å². The molecule has 108 valence electrons. The number of aliphatic hydroxyl groups excluding tert-OH is 1. The average molecular weight is 276 g/mol. The van der Waals surface area contributed by atoms with Crippen LogP contribution in [0.3, 0.4) is 0 Å². The van der Waals surface area contributed by atoms with Gasteiger partial charge in [0.25, 0.3) is 0 Å². The van der Waals surface area contributed by atoms with Crippen molar-refractivity contribution in [2.75, 3.05) is 13.7 Å². The van der Waals surface area contributed by atoms with Crippen LogP contribution in [-0.4, -0.2) is 35.1 Å². The fourth-order valence-corrected chi connectivity index (χ4v) is 1.99. The quantitative estimate of drug-likeness (QED) is 0.871. The van der Waals surface area contributed by atoms with Crippen molar-refractivity contribution in [2.45, 2.75) is 32.8 Å². The van der Waals surface area contributed by atoms with E-state index >= 15 is 0 Å². The highest BCUT2D eigenvalue weighted by Gasteiger charge is 2.12. The molecule has 5 heteroatoms. The van der Waals surface area contributed by atoms with Crippen LogP contribution in [0.5, 0.6) is 0 Å². The van der Waals surface area contributed by atoms with Gasteiger partial charge in [0.1, 0.15) is 0 Å². The Hall–Kier alpha value is -1.72. The van der Waals surface area contributed by atoms with Crippen LogP contribution in [0.1, 0.15) is 28.4 Å². The molecule has 0 aliphatic heterocycles. The first-order chi connectivity index (χ1) is 9.58. The minimum absolute atomic E-state index is 0.259. The molecular weight excluding hydrogens is 256 g/mol. The lowest BCUT2D eigenvalue weighted by Crippen LogP contribution is -2.17. The van der Waals surface area contributed by atoms with E-state index in [0.29, 0.717) is 24.6 Å². The van der Waals surface area contributed by atoms with E-state index in [1.807, 2.05) is 0 Å². The fraction of sp³-hybridized carbons (Fsp3) is 0.467. The molecule has 0 spiro atoms. The third-order valence-corrected chi connectivity index (χ3v) is 3.21. The normalized spacial score (nSPS) is 12.6. The number of hydrogen-bond acceptors (Lipinski definition) is 5. The summed E-state index contributed by atoms with van der Waals surface area (Å²) in [5, 5.41) is 13.6. The molecule has 1 aromatic carbocycles. The topological polar surface area (TPSA) is 68.4 Å². The maximum absolute atomic E-state index is 9.62. The molecule has 5 nitrogen and oxygen atoms in total.